The third kappa shape index (κ3) is 25.6. The van der Waals surface area contributed by atoms with Crippen molar-refractivity contribution in [3.63, 3.8) is 0 Å². The first-order valence-electron chi connectivity index (χ1n) is 15.0. The fourth-order valence-electron chi connectivity index (χ4n) is 4.60. The molecule has 4 heteroatoms. The first-order chi connectivity index (χ1) is 16.6. The van der Waals surface area contributed by atoms with Gasteiger partial charge >= 0.3 is 11.9 Å². The van der Waals surface area contributed by atoms with Crippen LogP contribution in [0.1, 0.15) is 174 Å². The summed E-state index contributed by atoms with van der Waals surface area (Å²) in [5.74, 6) is -0.907. The summed E-state index contributed by atoms with van der Waals surface area (Å²) >= 11 is 0. The summed E-state index contributed by atoms with van der Waals surface area (Å²) in [7, 11) is 0. The number of esters is 1. The first-order valence-corrected chi connectivity index (χ1v) is 15.0. The highest BCUT2D eigenvalue weighted by Crippen LogP contribution is 2.16. The molecule has 0 aliphatic heterocycles. The molecule has 0 radical (unpaired) electrons. The van der Waals surface area contributed by atoms with E-state index < -0.39 is 5.97 Å². The maximum absolute atomic E-state index is 12.0. The smallest absolute Gasteiger partial charge is 0.306 e. The van der Waals surface area contributed by atoms with Crippen LogP contribution in [-0.2, 0) is 14.3 Å². The molecular weight excluding hydrogens is 424 g/mol. The second kappa shape index (κ2) is 26.5. The molecule has 0 heterocycles. The van der Waals surface area contributed by atoms with Gasteiger partial charge in [-0.15, -0.1) is 0 Å². The third-order valence-corrected chi connectivity index (χ3v) is 6.90. The molecule has 1 atom stereocenters. The van der Waals surface area contributed by atoms with Gasteiger partial charge in [-0.05, 0) is 25.7 Å². The summed E-state index contributed by atoms with van der Waals surface area (Å²) in [4.78, 5) is 22.6. The number of carboxylic acids is 1. The lowest BCUT2D eigenvalue weighted by molar-refractivity contribution is -0.149. The molecule has 0 aromatic heterocycles. The predicted octanol–water partition coefficient (Wildman–Crippen LogP) is 9.78. The Morgan fingerprint density at radius 3 is 1.29 bits per heavy atom. The highest BCUT2D eigenvalue weighted by atomic mass is 16.5. The van der Waals surface area contributed by atoms with Crippen LogP contribution in [0, 0.1) is 0 Å². The van der Waals surface area contributed by atoms with Crippen LogP contribution in [0.15, 0.2) is 0 Å². The van der Waals surface area contributed by atoms with Crippen LogP contribution in [0.4, 0.5) is 0 Å². The summed E-state index contributed by atoms with van der Waals surface area (Å²) in [6.07, 6.45) is 29.6. The minimum Gasteiger partial charge on any atom is -0.481 e. The van der Waals surface area contributed by atoms with E-state index in [9.17, 15) is 9.59 Å². The van der Waals surface area contributed by atoms with Gasteiger partial charge in [0.2, 0.25) is 0 Å². The summed E-state index contributed by atoms with van der Waals surface area (Å²) in [5, 5.41) is 8.70. The summed E-state index contributed by atoms with van der Waals surface area (Å²) in [5.41, 5.74) is 0. The number of hydrogen-bond donors (Lipinski definition) is 1. The van der Waals surface area contributed by atoms with Gasteiger partial charge in [-0.3, -0.25) is 9.59 Å². The molecule has 0 bridgehead atoms. The lowest BCUT2D eigenvalue weighted by Crippen LogP contribution is -2.17. The Kier molecular flexibility index (Phi) is 25.7. The SMILES string of the molecule is CCCCCCCCCCCCCCCCCCCCCCC(=O)OC(CC)CCCC(=O)O. The van der Waals surface area contributed by atoms with Crippen molar-refractivity contribution in [1.82, 2.24) is 0 Å². The molecule has 1 unspecified atom stereocenters. The Morgan fingerprint density at radius 2 is 0.941 bits per heavy atom. The van der Waals surface area contributed by atoms with Gasteiger partial charge in [-0.2, -0.15) is 0 Å². The van der Waals surface area contributed by atoms with Crippen LogP contribution < -0.4 is 0 Å². The molecular formula is C30H58O4. The van der Waals surface area contributed by atoms with Gasteiger partial charge in [0.25, 0.3) is 0 Å². The van der Waals surface area contributed by atoms with Gasteiger partial charge in [0.1, 0.15) is 6.10 Å². The molecule has 0 fully saturated rings. The maximum Gasteiger partial charge on any atom is 0.306 e. The summed E-state index contributed by atoms with van der Waals surface area (Å²) in [6.45, 7) is 4.27. The van der Waals surface area contributed by atoms with Crippen LogP contribution in [0.2, 0.25) is 0 Å². The van der Waals surface area contributed by atoms with E-state index >= 15 is 0 Å². The molecule has 202 valence electrons. The number of carbonyl (C=O) groups excluding carboxylic acids is 1. The van der Waals surface area contributed by atoms with Gasteiger partial charge in [-0.1, -0.05) is 136 Å². The highest BCUT2D eigenvalue weighted by Gasteiger charge is 2.13. The molecule has 0 spiro atoms. The van der Waals surface area contributed by atoms with Crippen LogP contribution in [0.25, 0.3) is 0 Å². The van der Waals surface area contributed by atoms with Crippen molar-refractivity contribution in [1.29, 1.82) is 0 Å². The van der Waals surface area contributed by atoms with Crippen LogP contribution in [0.3, 0.4) is 0 Å². The van der Waals surface area contributed by atoms with Gasteiger partial charge in [0, 0.05) is 12.8 Å². The summed E-state index contributed by atoms with van der Waals surface area (Å²) < 4.78 is 5.49. The number of aliphatic carboxylic acids is 1. The zero-order chi connectivity index (χ0) is 25.1. The lowest BCUT2D eigenvalue weighted by Gasteiger charge is -2.15. The minimum absolute atomic E-state index is 0.121. The molecule has 0 aliphatic carbocycles. The lowest BCUT2D eigenvalue weighted by atomic mass is 10.0. The van der Waals surface area contributed by atoms with Crippen LogP contribution in [0.5, 0.6) is 0 Å². The zero-order valence-electron chi connectivity index (χ0n) is 22.9. The monoisotopic (exact) mass is 482 g/mol. The molecule has 0 amide bonds. The van der Waals surface area contributed by atoms with E-state index in [1.54, 1.807) is 0 Å². The topological polar surface area (TPSA) is 63.6 Å². The zero-order valence-corrected chi connectivity index (χ0v) is 22.9. The second-order valence-electron chi connectivity index (χ2n) is 10.3. The van der Waals surface area contributed by atoms with Crippen molar-refractivity contribution in [2.45, 2.75) is 180 Å². The van der Waals surface area contributed by atoms with Crippen LogP contribution >= 0.6 is 0 Å². The second-order valence-corrected chi connectivity index (χ2v) is 10.3. The largest absolute Gasteiger partial charge is 0.481 e. The van der Waals surface area contributed by atoms with E-state index in [2.05, 4.69) is 6.92 Å². The van der Waals surface area contributed by atoms with Crippen molar-refractivity contribution in [3.8, 4) is 0 Å². The quantitative estimate of drug-likeness (QED) is 0.0934. The van der Waals surface area contributed by atoms with Crippen molar-refractivity contribution >= 4 is 11.9 Å². The molecule has 0 rings (SSSR count). The van der Waals surface area contributed by atoms with E-state index in [1.807, 2.05) is 6.92 Å². The number of ether oxygens (including phenoxy) is 1. The Balaban J connectivity index is 3.28. The van der Waals surface area contributed by atoms with E-state index in [0.717, 1.165) is 19.3 Å². The van der Waals surface area contributed by atoms with Crippen molar-refractivity contribution in [3.05, 3.63) is 0 Å². The van der Waals surface area contributed by atoms with Gasteiger partial charge in [0.05, 0.1) is 0 Å². The normalized spacial score (nSPS) is 12.1. The van der Waals surface area contributed by atoms with Crippen molar-refractivity contribution in [2.24, 2.45) is 0 Å². The number of carboxylic acid groups (broad SMARTS) is 1. The average molecular weight is 483 g/mol. The van der Waals surface area contributed by atoms with E-state index in [-0.39, 0.29) is 18.5 Å². The summed E-state index contributed by atoms with van der Waals surface area (Å²) in [6, 6.07) is 0. The predicted molar refractivity (Wildman–Crippen MR) is 144 cm³/mol. The van der Waals surface area contributed by atoms with E-state index in [1.165, 1.54) is 116 Å². The number of hydrogen-bond acceptors (Lipinski definition) is 3. The molecule has 4 nitrogen and oxygen atoms in total. The first kappa shape index (κ1) is 32.9. The van der Waals surface area contributed by atoms with E-state index in [4.69, 9.17) is 9.84 Å². The Hall–Kier alpha value is -1.06. The molecule has 0 aromatic rings. The maximum atomic E-state index is 12.0. The molecule has 0 saturated heterocycles. The molecule has 1 N–H and O–H groups in total. The Labute approximate surface area is 212 Å². The number of rotatable bonds is 27. The van der Waals surface area contributed by atoms with Crippen LogP contribution in [-0.4, -0.2) is 23.1 Å². The van der Waals surface area contributed by atoms with Crippen molar-refractivity contribution in [2.75, 3.05) is 0 Å². The molecule has 34 heavy (non-hydrogen) atoms. The highest BCUT2D eigenvalue weighted by molar-refractivity contribution is 5.69. The molecule has 0 aromatic carbocycles. The molecule has 0 saturated carbocycles. The van der Waals surface area contributed by atoms with Gasteiger partial charge in [0.15, 0.2) is 0 Å². The fourth-order valence-corrected chi connectivity index (χ4v) is 4.60. The fraction of sp³-hybridized carbons (Fsp3) is 0.933. The third-order valence-electron chi connectivity index (χ3n) is 6.90. The molecule has 0 aliphatic rings. The number of carbonyl (C=O) groups is 2. The average Bonchev–Trinajstić information content (AvgIpc) is 2.82. The van der Waals surface area contributed by atoms with Crippen molar-refractivity contribution < 1.29 is 19.4 Å². The minimum atomic E-state index is -0.787. The van der Waals surface area contributed by atoms with Gasteiger partial charge < -0.3 is 9.84 Å². The number of unbranched alkanes of at least 4 members (excludes halogenated alkanes) is 19. The Bertz CT molecular complexity index is 449. The Morgan fingerprint density at radius 1 is 0.559 bits per heavy atom. The standard InChI is InChI=1S/C30H58O4/c1-3-5-6-7-8-9-10-11-12-13-14-15-16-17-18-19-20-21-22-23-27-30(33)34-28(4-2)25-24-26-29(31)32/h28H,3-27H2,1-2H3,(H,31,32). The van der Waals surface area contributed by atoms with Gasteiger partial charge in [-0.25, -0.2) is 0 Å². The van der Waals surface area contributed by atoms with E-state index in [0.29, 0.717) is 19.3 Å².